The highest BCUT2D eigenvalue weighted by molar-refractivity contribution is 9.10. The van der Waals surface area contributed by atoms with Gasteiger partial charge in [-0.05, 0) is 51.7 Å². The van der Waals surface area contributed by atoms with E-state index in [0.29, 0.717) is 28.4 Å². The van der Waals surface area contributed by atoms with E-state index in [-0.39, 0.29) is 23.5 Å². The topological polar surface area (TPSA) is 62.6 Å². The first-order valence-electron chi connectivity index (χ1n) is 9.84. The molecule has 0 fully saturated rings. The Bertz CT molecular complexity index is 1010. The normalized spacial score (nSPS) is 11.9. The molecule has 1 atom stereocenters. The van der Waals surface area contributed by atoms with E-state index in [0.717, 1.165) is 0 Å². The van der Waals surface area contributed by atoms with Crippen LogP contribution in [0.3, 0.4) is 0 Å². The van der Waals surface area contributed by atoms with Gasteiger partial charge in [0.1, 0.15) is 0 Å². The number of anilines is 1. The molecule has 3 rings (SSSR count). The third-order valence-electron chi connectivity index (χ3n) is 5.11. The highest BCUT2D eigenvalue weighted by Gasteiger charge is 2.23. The first kappa shape index (κ1) is 21.8. The molecule has 0 aliphatic heterocycles. The molecule has 6 heteroatoms. The minimum absolute atomic E-state index is 0.196. The van der Waals surface area contributed by atoms with Crippen molar-refractivity contribution >= 4 is 33.4 Å². The molecular formula is C24H25BrN2O3. The molecule has 1 N–H and O–H groups in total. The molecule has 0 radical (unpaired) electrons. The summed E-state index contributed by atoms with van der Waals surface area (Å²) in [5, 5.41) is 3.05. The van der Waals surface area contributed by atoms with E-state index in [1.54, 1.807) is 43.4 Å². The van der Waals surface area contributed by atoms with Crippen molar-refractivity contribution in [2.75, 3.05) is 18.5 Å². The Balaban J connectivity index is 1.77. The molecule has 0 saturated heterocycles. The van der Waals surface area contributed by atoms with Gasteiger partial charge in [0, 0.05) is 19.5 Å². The van der Waals surface area contributed by atoms with E-state index in [2.05, 4.69) is 47.2 Å². The molecule has 3 aromatic rings. The first-order chi connectivity index (χ1) is 14.4. The zero-order valence-corrected chi connectivity index (χ0v) is 18.8. The van der Waals surface area contributed by atoms with Crippen LogP contribution in [0, 0.1) is 5.92 Å². The molecule has 2 amide bonds. The number of para-hydroxylation sites is 1. The maximum Gasteiger partial charge on any atom is 0.293 e. The smallest absolute Gasteiger partial charge is 0.293 e. The van der Waals surface area contributed by atoms with Crippen molar-refractivity contribution in [3.8, 4) is 0 Å². The number of carbonyl (C=O) groups excluding carboxylic acids is 2. The van der Waals surface area contributed by atoms with Crippen molar-refractivity contribution in [1.82, 2.24) is 5.32 Å². The van der Waals surface area contributed by atoms with Gasteiger partial charge in [0.05, 0.1) is 11.3 Å². The summed E-state index contributed by atoms with van der Waals surface area (Å²) >= 11 is 3.21. The number of benzene rings is 2. The fraction of sp³-hybridized carbons (Fsp3) is 0.250. The molecule has 30 heavy (non-hydrogen) atoms. The molecule has 0 aliphatic carbocycles. The van der Waals surface area contributed by atoms with Gasteiger partial charge in [-0.15, -0.1) is 0 Å². The third-order valence-corrected chi connectivity index (χ3v) is 5.54. The number of carbonyl (C=O) groups is 2. The van der Waals surface area contributed by atoms with Crippen LogP contribution >= 0.6 is 15.9 Å². The van der Waals surface area contributed by atoms with Crippen molar-refractivity contribution in [3.05, 3.63) is 88.3 Å². The second-order valence-corrected chi connectivity index (χ2v) is 8.24. The van der Waals surface area contributed by atoms with Gasteiger partial charge in [-0.1, -0.05) is 56.3 Å². The van der Waals surface area contributed by atoms with E-state index in [4.69, 9.17) is 4.42 Å². The lowest BCUT2D eigenvalue weighted by Crippen LogP contribution is -2.33. The van der Waals surface area contributed by atoms with Gasteiger partial charge in [-0.2, -0.15) is 0 Å². The van der Waals surface area contributed by atoms with Crippen LogP contribution in [0.2, 0.25) is 0 Å². The number of halogens is 1. The lowest BCUT2D eigenvalue weighted by Gasteiger charge is -2.23. The van der Waals surface area contributed by atoms with Crippen LogP contribution in [-0.4, -0.2) is 25.4 Å². The average Bonchev–Trinajstić information content (AvgIpc) is 3.19. The Morgan fingerprint density at radius 2 is 1.67 bits per heavy atom. The number of amides is 2. The summed E-state index contributed by atoms with van der Waals surface area (Å²) in [6.07, 6.45) is 0. The number of furan rings is 1. The van der Waals surface area contributed by atoms with Crippen LogP contribution in [0.15, 0.2) is 75.8 Å². The Labute approximate surface area is 185 Å². The minimum Gasteiger partial charge on any atom is -0.444 e. The molecule has 1 aromatic heterocycles. The second kappa shape index (κ2) is 9.76. The van der Waals surface area contributed by atoms with Crippen molar-refractivity contribution in [3.63, 3.8) is 0 Å². The van der Waals surface area contributed by atoms with Crippen molar-refractivity contribution in [1.29, 1.82) is 0 Å². The molecule has 1 unspecified atom stereocenters. The van der Waals surface area contributed by atoms with E-state index in [1.807, 2.05) is 18.2 Å². The predicted molar refractivity (Wildman–Crippen MR) is 122 cm³/mol. The average molecular weight is 469 g/mol. The van der Waals surface area contributed by atoms with Crippen molar-refractivity contribution < 1.29 is 14.0 Å². The van der Waals surface area contributed by atoms with Gasteiger partial charge in [0.15, 0.2) is 10.4 Å². The maximum atomic E-state index is 13.0. The van der Waals surface area contributed by atoms with Gasteiger partial charge >= 0.3 is 0 Å². The fourth-order valence-electron chi connectivity index (χ4n) is 3.40. The molecular weight excluding hydrogens is 444 g/mol. The Kier molecular flexibility index (Phi) is 7.11. The molecule has 0 aliphatic rings. The second-order valence-electron chi connectivity index (χ2n) is 7.46. The zero-order chi connectivity index (χ0) is 21.7. The summed E-state index contributed by atoms with van der Waals surface area (Å²) in [5.74, 6) is 0.216. The molecule has 0 saturated carbocycles. The molecule has 1 heterocycles. The number of nitrogens with zero attached hydrogens (tertiary/aromatic N) is 1. The van der Waals surface area contributed by atoms with E-state index in [9.17, 15) is 9.59 Å². The molecule has 2 aromatic carbocycles. The van der Waals surface area contributed by atoms with Gasteiger partial charge in [-0.3, -0.25) is 9.59 Å². The molecule has 0 spiro atoms. The summed E-state index contributed by atoms with van der Waals surface area (Å²) in [6, 6.07) is 20.5. The van der Waals surface area contributed by atoms with E-state index in [1.165, 1.54) is 10.5 Å². The maximum absolute atomic E-state index is 13.0. The van der Waals surface area contributed by atoms with Crippen LogP contribution in [0.1, 0.15) is 46.2 Å². The first-order valence-corrected chi connectivity index (χ1v) is 10.6. The quantitative estimate of drug-likeness (QED) is 0.498. The summed E-state index contributed by atoms with van der Waals surface area (Å²) in [4.78, 5) is 27.2. The van der Waals surface area contributed by atoms with Crippen molar-refractivity contribution in [2.24, 2.45) is 5.92 Å². The van der Waals surface area contributed by atoms with E-state index >= 15 is 0 Å². The monoisotopic (exact) mass is 468 g/mol. The number of hydrogen-bond acceptors (Lipinski definition) is 3. The Hall–Kier alpha value is -2.86. The molecule has 0 bridgehead atoms. The van der Waals surface area contributed by atoms with Crippen molar-refractivity contribution in [2.45, 2.75) is 19.8 Å². The fourth-order valence-corrected chi connectivity index (χ4v) is 3.71. The van der Waals surface area contributed by atoms with Crippen LogP contribution in [-0.2, 0) is 0 Å². The van der Waals surface area contributed by atoms with Gasteiger partial charge in [-0.25, -0.2) is 0 Å². The van der Waals surface area contributed by atoms with E-state index < -0.39 is 0 Å². The SMILES string of the molecule is CC(C)C(CNC(=O)c1ccccc1N(C)C(=O)c1ccc(Br)o1)c1ccccc1. The summed E-state index contributed by atoms with van der Waals surface area (Å²) < 4.78 is 5.85. The number of nitrogens with one attached hydrogen (secondary N) is 1. The molecule has 5 nitrogen and oxygen atoms in total. The minimum atomic E-state index is -0.328. The third kappa shape index (κ3) is 5.00. The standard InChI is InChI=1S/C24H25BrN2O3/c1-16(2)19(17-9-5-4-6-10-17)15-26-23(28)18-11-7-8-12-20(18)27(3)24(29)21-13-14-22(25)30-21/h4-14,16,19H,15H2,1-3H3,(H,26,28). The van der Waals surface area contributed by atoms with Crippen LogP contribution in [0.4, 0.5) is 5.69 Å². The van der Waals surface area contributed by atoms with Crippen LogP contribution in [0.25, 0.3) is 0 Å². The number of hydrogen-bond donors (Lipinski definition) is 1. The van der Waals surface area contributed by atoms with Crippen LogP contribution < -0.4 is 10.2 Å². The number of rotatable bonds is 7. The molecule has 156 valence electrons. The summed E-state index contributed by atoms with van der Waals surface area (Å²) in [6.45, 7) is 4.80. The largest absolute Gasteiger partial charge is 0.444 e. The van der Waals surface area contributed by atoms with Gasteiger partial charge in [0.2, 0.25) is 0 Å². The predicted octanol–water partition coefficient (Wildman–Crippen LogP) is 5.49. The lowest BCUT2D eigenvalue weighted by atomic mass is 9.88. The van der Waals surface area contributed by atoms with Gasteiger partial charge < -0.3 is 14.6 Å². The highest BCUT2D eigenvalue weighted by Crippen LogP contribution is 2.25. The van der Waals surface area contributed by atoms with Crippen LogP contribution in [0.5, 0.6) is 0 Å². The summed E-state index contributed by atoms with van der Waals surface area (Å²) in [5.41, 5.74) is 2.15. The Morgan fingerprint density at radius 1 is 1.00 bits per heavy atom. The lowest BCUT2D eigenvalue weighted by molar-refractivity contribution is 0.0949. The van der Waals surface area contributed by atoms with Gasteiger partial charge in [0.25, 0.3) is 11.8 Å². The Morgan fingerprint density at radius 3 is 2.30 bits per heavy atom. The zero-order valence-electron chi connectivity index (χ0n) is 17.3. The summed E-state index contributed by atoms with van der Waals surface area (Å²) in [7, 11) is 1.63. The highest BCUT2D eigenvalue weighted by atomic mass is 79.9.